The molecule has 0 saturated carbocycles. The lowest BCUT2D eigenvalue weighted by Gasteiger charge is -2.21. The normalized spacial score (nSPS) is 11.0. The Morgan fingerprint density at radius 3 is 2.64 bits per heavy atom. The van der Waals surface area contributed by atoms with Gasteiger partial charge in [0.15, 0.2) is 5.82 Å². The summed E-state index contributed by atoms with van der Waals surface area (Å²) in [5, 5.41) is 7.89. The van der Waals surface area contributed by atoms with Crippen molar-refractivity contribution in [2.45, 2.75) is 20.3 Å². The van der Waals surface area contributed by atoms with E-state index in [-0.39, 0.29) is 0 Å². The van der Waals surface area contributed by atoms with Gasteiger partial charge in [-0.05, 0) is 43.2 Å². The van der Waals surface area contributed by atoms with Gasteiger partial charge >= 0.3 is 0 Å². The van der Waals surface area contributed by atoms with Gasteiger partial charge < -0.3 is 10.6 Å². The molecule has 0 aliphatic rings. The monoisotopic (exact) mass is 295 g/mol. The van der Waals surface area contributed by atoms with E-state index < -0.39 is 0 Å². The van der Waals surface area contributed by atoms with E-state index >= 15 is 0 Å². The van der Waals surface area contributed by atoms with Crippen molar-refractivity contribution in [3.63, 3.8) is 0 Å². The minimum atomic E-state index is 0.529. The number of pyridine rings is 1. The van der Waals surface area contributed by atoms with Crippen LogP contribution in [0.1, 0.15) is 20.3 Å². The number of rotatable bonds is 5. The minimum Gasteiger partial charge on any atom is -0.382 e. The van der Waals surface area contributed by atoms with E-state index in [1.807, 2.05) is 12.3 Å². The van der Waals surface area contributed by atoms with Crippen molar-refractivity contribution in [1.82, 2.24) is 15.2 Å². The molecule has 3 rings (SSSR count). The van der Waals surface area contributed by atoms with E-state index in [4.69, 9.17) is 5.73 Å². The molecule has 0 unspecified atom stereocenters. The Bertz CT molecular complexity index is 760. The van der Waals surface area contributed by atoms with Crippen LogP contribution in [-0.2, 0) is 0 Å². The van der Waals surface area contributed by atoms with Gasteiger partial charge in [0.1, 0.15) is 5.82 Å². The maximum Gasteiger partial charge on any atom is 0.153 e. The Balaban J connectivity index is 1.92. The number of nitrogens with zero attached hydrogens (tertiary/aromatic N) is 3. The van der Waals surface area contributed by atoms with Crippen LogP contribution in [0.5, 0.6) is 0 Å². The summed E-state index contributed by atoms with van der Waals surface area (Å²) in [6.45, 7) is 6.33. The van der Waals surface area contributed by atoms with Gasteiger partial charge in [0.25, 0.3) is 0 Å². The van der Waals surface area contributed by atoms with Crippen molar-refractivity contribution in [3.05, 3.63) is 36.5 Å². The van der Waals surface area contributed by atoms with E-state index in [9.17, 15) is 0 Å². The number of anilines is 2. The Hall–Kier alpha value is -2.56. The molecule has 22 heavy (non-hydrogen) atoms. The molecule has 0 atom stereocenters. The summed E-state index contributed by atoms with van der Waals surface area (Å²) >= 11 is 0. The second kappa shape index (κ2) is 6.05. The van der Waals surface area contributed by atoms with Gasteiger partial charge in [0.05, 0.1) is 5.52 Å². The van der Waals surface area contributed by atoms with Crippen LogP contribution in [0.3, 0.4) is 0 Å². The molecule has 3 aromatic rings. The molecular formula is C17H21N5. The van der Waals surface area contributed by atoms with Crippen molar-refractivity contribution in [3.8, 4) is 11.1 Å². The third kappa shape index (κ3) is 2.62. The molecule has 0 radical (unpaired) electrons. The van der Waals surface area contributed by atoms with Crippen molar-refractivity contribution < 1.29 is 0 Å². The Kier molecular flexibility index (Phi) is 3.96. The van der Waals surface area contributed by atoms with Crippen molar-refractivity contribution in [2.24, 2.45) is 0 Å². The molecule has 0 bridgehead atoms. The fraction of sp³-hybridized carbons (Fsp3) is 0.294. The number of aromatic nitrogens is 3. The minimum absolute atomic E-state index is 0.529. The Morgan fingerprint density at radius 1 is 1.14 bits per heavy atom. The fourth-order valence-electron chi connectivity index (χ4n) is 2.66. The molecule has 2 aromatic heterocycles. The molecule has 3 N–H and O–H groups in total. The number of nitrogens with one attached hydrogen (secondary N) is 1. The average Bonchev–Trinajstić information content (AvgIpc) is 2.93. The van der Waals surface area contributed by atoms with E-state index in [1.165, 1.54) is 0 Å². The van der Waals surface area contributed by atoms with Crippen molar-refractivity contribution >= 4 is 22.5 Å². The Morgan fingerprint density at radius 2 is 1.95 bits per heavy atom. The largest absolute Gasteiger partial charge is 0.382 e. The lowest BCUT2D eigenvalue weighted by Crippen LogP contribution is -2.24. The van der Waals surface area contributed by atoms with Crippen molar-refractivity contribution in [2.75, 3.05) is 23.7 Å². The summed E-state index contributed by atoms with van der Waals surface area (Å²) in [5.41, 5.74) is 9.00. The molecule has 0 amide bonds. The first-order valence-electron chi connectivity index (χ1n) is 7.68. The van der Waals surface area contributed by atoms with Crippen LogP contribution in [0.2, 0.25) is 0 Å². The zero-order chi connectivity index (χ0) is 15.5. The van der Waals surface area contributed by atoms with Gasteiger partial charge in [-0.1, -0.05) is 13.0 Å². The maximum absolute atomic E-state index is 5.87. The summed E-state index contributed by atoms with van der Waals surface area (Å²) in [5.74, 6) is 1.55. The predicted molar refractivity (Wildman–Crippen MR) is 91.9 cm³/mol. The van der Waals surface area contributed by atoms with E-state index in [1.54, 1.807) is 0 Å². The number of nitrogen functional groups attached to an aromatic ring is 1. The third-order valence-corrected chi connectivity index (χ3v) is 3.87. The number of nitrogens with two attached hydrogens (primary N) is 1. The molecule has 0 fully saturated rings. The molecule has 0 aliphatic carbocycles. The highest BCUT2D eigenvalue weighted by atomic mass is 15.2. The van der Waals surface area contributed by atoms with Gasteiger partial charge in [-0.15, -0.1) is 0 Å². The van der Waals surface area contributed by atoms with Crippen LogP contribution in [0, 0.1) is 0 Å². The molecule has 5 heteroatoms. The zero-order valence-electron chi connectivity index (χ0n) is 13.0. The molecule has 114 valence electrons. The maximum atomic E-state index is 5.87. The predicted octanol–water partition coefficient (Wildman–Crippen LogP) is 3.44. The summed E-state index contributed by atoms with van der Waals surface area (Å²) in [7, 11) is 0. The number of hydrogen-bond acceptors (Lipinski definition) is 4. The highest BCUT2D eigenvalue weighted by Crippen LogP contribution is 2.26. The average molecular weight is 295 g/mol. The van der Waals surface area contributed by atoms with Gasteiger partial charge in [-0.2, -0.15) is 5.10 Å². The van der Waals surface area contributed by atoms with E-state index in [0.717, 1.165) is 47.4 Å². The van der Waals surface area contributed by atoms with Crippen molar-refractivity contribution in [1.29, 1.82) is 0 Å². The molecule has 0 saturated heterocycles. The zero-order valence-corrected chi connectivity index (χ0v) is 13.0. The quantitative estimate of drug-likeness (QED) is 0.756. The van der Waals surface area contributed by atoms with Gasteiger partial charge in [-0.25, -0.2) is 4.98 Å². The van der Waals surface area contributed by atoms with Gasteiger partial charge in [0, 0.05) is 30.2 Å². The summed E-state index contributed by atoms with van der Waals surface area (Å²) < 4.78 is 0. The first-order valence-corrected chi connectivity index (χ1v) is 7.68. The molecule has 0 aliphatic heterocycles. The standard InChI is InChI=1S/C17H21N5/c1-3-9-22(4-2)16-8-6-13(11-19-16)12-5-7-15-14(10-12)17(18)21-20-15/h5-8,10-11H,3-4,9H2,1-2H3,(H3,18,20,21). The van der Waals surface area contributed by atoms with Crippen LogP contribution in [0.25, 0.3) is 22.0 Å². The molecular weight excluding hydrogens is 274 g/mol. The third-order valence-electron chi connectivity index (χ3n) is 3.87. The summed E-state index contributed by atoms with van der Waals surface area (Å²) in [6, 6.07) is 10.3. The second-order valence-electron chi connectivity index (χ2n) is 5.35. The second-order valence-corrected chi connectivity index (χ2v) is 5.35. The van der Waals surface area contributed by atoms with Crippen LogP contribution in [0.15, 0.2) is 36.5 Å². The summed E-state index contributed by atoms with van der Waals surface area (Å²) in [4.78, 5) is 6.89. The number of aromatic amines is 1. The highest BCUT2D eigenvalue weighted by molar-refractivity contribution is 5.92. The molecule has 0 spiro atoms. The first kappa shape index (κ1) is 14.4. The van der Waals surface area contributed by atoms with E-state index in [2.05, 4.69) is 58.2 Å². The van der Waals surface area contributed by atoms with Crippen LogP contribution >= 0.6 is 0 Å². The van der Waals surface area contributed by atoms with Crippen LogP contribution in [-0.4, -0.2) is 28.3 Å². The number of benzene rings is 1. The Labute approximate surface area is 130 Å². The SMILES string of the molecule is CCCN(CC)c1ccc(-c2ccc3[nH]nc(N)c3c2)cn1. The lowest BCUT2D eigenvalue weighted by atomic mass is 10.1. The number of hydrogen-bond donors (Lipinski definition) is 2. The van der Waals surface area contributed by atoms with Crippen LogP contribution < -0.4 is 10.6 Å². The fourth-order valence-corrected chi connectivity index (χ4v) is 2.66. The van der Waals surface area contributed by atoms with Crippen LogP contribution in [0.4, 0.5) is 11.6 Å². The first-order chi connectivity index (χ1) is 10.7. The molecule has 5 nitrogen and oxygen atoms in total. The van der Waals surface area contributed by atoms with E-state index in [0.29, 0.717) is 5.82 Å². The molecule has 1 aromatic carbocycles. The van der Waals surface area contributed by atoms with Gasteiger partial charge in [0.2, 0.25) is 0 Å². The lowest BCUT2D eigenvalue weighted by molar-refractivity contribution is 0.779. The molecule has 2 heterocycles. The topological polar surface area (TPSA) is 70.8 Å². The summed E-state index contributed by atoms with van der Waals surface area (Å²) in [6.07, 6.45) is 3.04. The smallest absolute Gasteiger partial charge is 0.153 e. The highest BCUT2D eigenvalue weighted by Gasteiger charge is 2.07. The van der Waals surface area contributed by atoms with Gasteiger partial charge in [-0.3, -0.25) is 5.10 Å². The number of fused-ring (bicyclic) bond motifs is 1. The number of H-pyrrole nitrogens is 1.